The van der Waals surface area contributed by atoms with E-state index in [0.29, 0.717) is 0 Å². The van der Waals surface area contributed by atoms with Gasteiger partial charge in [0.2, 0.25) is 0 Å². The van der Waals surface area contributed by atoms with E-state index in [-0.39, 0.29) is 15.8 Å². The first kappa shape index (κ1) is 24.4. The van der Waals surface area contributed by atoms with Crippen molar-refractivity contribution in [2.75, 3.05) is 6.16 Å². The minimum atomic E-state index is -0.325. The van der Waals surface area contributed by atoms with Gasteiger partial charge >= 0.3 is 0 Å². The quantitative estimate of drug-likeness (QED) is 0.212. The van der Waals surface area contributed by atoms with Gasteiger partial charge < -0.3 is 0 Å². The summed E-state index contributed by atoms with van der Waals surface area (Å²) >= 11 is 0. The van der Waals surface area contributed by atoms with Crippen molar-refractivity contribution >= 4 is 37.1 Å². The normalized spacial score (nSPS) is 18.7. The lowest BCUT2D eigenvalue weighted by molar-refractivity contribution is 0.428. The molecule has 0 heterocycles. The number of hydrogen-bond acceptors (Lipinski definition) is 0. The summed E-state index contributed by atoms with van der Waals surface area (Å²) in [4.78, 5) is 0. The van der Waals surface area contributed by atoms with E-state index in [1.54, 1.807) is 10.6 Å². The zero-order valence-electron chi connectivity index (χ0n) is 20.7. The maximum absolute atomic E-state index is 2.52. The van der Waals surface area contributed by atoms with Gasteiger partial charge in [0.25, 0.3) is 0 Å². The fourth-order valence-electron chi connectivity index (χ4n) is 5.82. The molecule has 1 aliphatic rings. The molecule has 178 valence electrons. The molecule has 0 amide bonds. The van der Waals surface area contributed by atoms with Crippen LogP contribution in [0.2, 0.25) is 0 Å². The van der Waals surface area contributed by atoms with Gasteiger partial charge in [-0.2, -0.15) is 0 Å². The van der Waals surface area contributed by atoms with E-state index in [4.69, 9.17) is 0 Å². The summed E-state index contributed by atoms with van der Waals surface area (Å²) in [6.45, 7) is 2.52. The molecule has 1 aliphatic carbocycles. The second-order valence-electron chi connectivity index (χ2n) is 9.92. The van der Waals surface area contributed by atoms with Crippen LogP contribution in [0.25, 0.3) is 0 Å². The molecule has 0 bridgehead atoms. The summed E-state index contributed by atoms with van der Waals surface area (Å²) < 4.78 is 0. The van der Waals surface area contributed by atoms with Crippen LogP contribution in [-0.2, 0) is 0 Å². The zero-order valence-corrected chi connectivity index (χ0v) is 22.5. The average molecular weight is 495 g/mol. The molecule has 1 fully saturated rings. The monoisotopic (exact) mass is 494 g/mol. The Morgan fingerprint density at radius 3 is 1.49 bits per heavy atom. The molecule has 0 aliphatic heterocycles. The maximum Gasteiger partial charge on any atom is -0.0100 e. The molecule has 5 rings (SSSR count). The first-order valence-corrected chi connectivity index (χ1v) is 16.0. The highest BCUT2D eigenvalue weighted by Crippen LogP contribution is 2.52. The lowest BCUT2D eigenvalue weighted by Gasteiger charge is -2.32. The van der Waals surface area contributed by atoms with Gasteiger partial charge in [0, 0.05) is 0 Å². The molecule has 0 N–H and O–H groups in total. The van der Waals surface area contributed by atoms with Gasteiger partial charge in [-0.3, -0.25) is 0 Å². The number of benzene rings is 4. The van der Waals surface area contributed by atoms with Crippen molar-refractivity contribution in [3.8, 4) is 0 Å². The smallest absolute Gasteiger partial charge is 0.0100 e. The van der Waals surface area contributed by atoms with E-state index in [2.05, 4.69) is 128 Å². The van der Waals surface area contributed by atoms with Crippen LogP contribution in [0.15, 0.2) is 121 Å². The molecular formula is C33H36P2. The highest BCUT2D eigenvalue weighted by atomic mass is 31.1. The second kappa shape index (κ2) is 12.1. The fourth-order valence-corrected chi connectivity index (χ4v) is 11.6. The molecule has 2 heteroatoms. The lowest BCUT2D eigenvalue weighted by atomic mass is 9.95. The van der Waals surface area contributed by atoms with Crippen molar-refractivity contribution < 1.29 is 0 Å². The van der Waals surface area contributed by atoms with Crippen LogP contribution >= 0.6 is 15.8 Å². The molecular weight excluding hydrogens is 458 g/mol. The van der Waals surface area contributed by atoms with Crippen molar-refractivity contribution in [3.05, 3.63) is 121 Å². The topological polar surface area (TPSA) is 0 Å². The minimum absolute atomic E-state index is 0.322. The van der Waals surface area contributed by atoms with Crippen LogP contribution in [-0.4, -0.2) is 11.8 Å². The standard InChI is InChI=1S/C33H36P2/c1-27(26-34(29-16-6-2-7-17-29)30-18-8-3-9-19-30)25-28-15-14-24-33(28)35(31-20-10-4-11-21-31)32-22-12-5-13-23-32/h2-13,16-23,27-28,33H,14-15,24-26H2,1H3/t27?,28-,33-/m1/s1. The van der Waals surface area contributed by atoms with Crippen LogP contribution in [0, 0.1) is 11.8 Å². The van der Waals surface area contributed by atoms with Crippen LogP contribution in [0.4, 0.5) is 0 Å². The Hall–Kier alpha value is -2.26. The fraction of sp³-hybridized carbons (Fsp3) is 0.273. The Labute approximate surface area is 214 Å². The van der Waals surface area contributed by atoms with E-state index in [1.165, 1.54) is 42.5 Å². The van der Waals surface area contributed by atoms with Gasteiger partial charge in [0.05, 0.1) is 0 Å². The Balaban J connectivity index is 1.36. The van der Waals surface area contributed by atoms with Crippen LogP contribution in [0.5, 0.6) is 0 Å². The van der Waals surface area contributed by atoms with Gasteiger partial charge in [-0.05, 0) is 80.0 Å². The van der Waals surface area contributed by atoms with Gasteiger partial charge in [0.15, 0.2) is 0 Å². The van der Waals surface area contributed by atoms with Crippen molar-refractivity contribution in [1.29, 1.82) is 0 Å². The molecule has 3 atom stereocenters. The molecule has 35 heavy (non-hydrogen) atoms. The van der Waals surface area contributed by atoms with E-state index in [0.717, 1.165) is 17.5 Å². The Kier molecular flexibility index (Phi) is 8.46. The first-order valence-electron chi connectivity index (χ1n) is 13.1. The third-order valence-corrected chi connectivity index (χ3v) is 13.2. The van der Waals surface area contributed by atoms with E-state index in [9.17, 15) is 0 Å². The van der Waals surface area contributed by atoms with Gasteiger partial charge in [-0.15, -0.1) is 0 Å². The molecule has 0 nitrogen and oxygen atoms in total. The maximum atomic E-state index is 2.52. The van der Waals surface area contributed by atoms with Crippen molar-refractivity contribution in [3.63, 3.8) is 0 Å². The molecule has 4 aromatic rings. The Bertz CT molecular complexity index is 1070. The van der Waals surface area contributed by atoms with Crippen LogP contribution in [0.3, 0.4) is 0 Å². The SMILES string of the molecule is CC(C[C@H]1CCC[C@H]1P(c1ccccc1)c1ccccc1)CP(c1ccccc1)c1ccccc1. The van der Waals surface area contributed by atoms with Crippen LogP contribution in [0.1, 0.15) is 32.6 Å². The molecule has 1 unspecified atom stereocenters. The summed E-state index contributed by atoms with van der Waals surface area (Å²) in [5, 5.41) is 6.13. The van der Waals surface area contributed by atoms with Crippen LogP contribution < -0.4 is 21.2 Å². The van der Waals surface area contributed by atoms with Crippen molar-refractivity contribution in [1.82, 2.24) is 0 Å². The van der Waals surface area contributed by atoms with E-state index in [1.807, 2.05) is 0 Å². The van der Waals surface area contributed by atoms with Gasteiger partial charge in [-0.25, -0.2) is 0 Å². The minimum Gasteiger partial charge on any atom is -0.0622 e. The zero-order chi connectivity index (χ0) is 23.9. The lowest BCUT2D eigenvalue weighted by Crippen LogP contribution is -2.26. The Morgan fingerprint density at radius 2 is 1.03 bits per heavy atom. The first-order chi connectivity index (χ1) is 17.3. The number of rotatable bonds is 9. The largest absolute Gasteiger partial charge is 0.0622 e. The molecule has 0 radical (unpaired) electrons. The summed E-state index contributed by atoms with van der Waals surface area (Å²) in [6, 6.07) is 45.2. The second-order valence-corrected chi connectivity index (χ2v) is 14.6. The number of hydrogen-bond donors (Lipinski definition) is 0. The average Bonchev–Trinajstić information content (AvgIpc) is 3.37. The third kappa shape index (κ3) is 6.12. The van der Waals surface area contributed by atoms with Crippen molar-refractivity contribution in [2.24, 2.45) is 11.8 Å². The third-order valence-electron chi connectivity index (χ3n) is 7.35. The van der Waals surface area contributed by atoms with E-state index >= 15 is 0 Å². The summed E-state index contributed by atoms with van der Waals surface area (Å²) in [5.74, 6) is 1.54. The molecule has 1 saturated carbocycles. The van der Waals surface area contributed by atoms with Crippen molar-refractivity contribution in [2.45, 2.75) is 38.3 Å². The Morgan fingerprint density at radius 1 is 0.600 bits per heavy atom. The van der Waals surface area contributed by atoms with E-state index < -0.39 is 0 Å². The van der Waals surface area contributed by atoms with Gasteiger partial charge in [-0.1, -0.05) is 135 Å². The predicted octanol–water partition coefficient (Wildman–Crippen LogP) is 7.45. The molecule has 4 aromatic carbocycles. The molecule has 0 aromatic heterocycles. The molecule has 0 saturated heterocycles. The summed E-state index contributed by atoms with van der Waals surface area (Å²) in [6.07, 6.45) is 6.77. The predicted molar refractivity (Wildman–Crippen MR) is 158 cm³/mol. The highest BCUT2D eigenvalue weighted by Gasteiger charge is 2.36. The summed E-state index contributed by atoms with van der Waals surface area (Å²) in [5.41, 5.74) is 0.789. The summed E-state index contributed by atoms with van der Waals surface area (Å²) in [7, 11) is -0.647. The van der Waals surface area contributed by atoms with Gasteiger partial charge in [0.1, 0.15) is 0 Å². The highest BCUT2D eigenvalue weighted by molar-refractivity contribution is 7.73. The molecule has 0 spiro atoms.